The number of nitrogens with two attached hydrogens (primary N) is 1. The first-order chi connectivity index (χ1) is 10.4. The lowest BCUT2D eigenvalue weighted by Gasteiger charge is -2.08. The first kappa shape index (κ1) is 13.7. The van der Waals surface area contributed by atoms with Gasteiger partial charge in [-0.15, -0.1) is 11.3 Å². The van der Waals surface area contributed by atoms with Gasteiger partial charge in [-0.3, -0.25) is 0 Å². The molecule has 3 rings (SSSR count). The molecule has 104 valence electrons. The van der Waals surface area contributed by atoms with Crippen LogP contribution in [0.3, 0.4) is 0 Å². The van der Waals surface area contributed by atoms with Gasteiger partial charge in [0.2, 0.25) is 0 Å². The van der Waals surface area contributed by atoms with Crippen molar-refractivity contribution in [2.75, 3.05) is 6.54 Å². The van der Waals surface area contributed by atoms with E-state index in [1.165, 1.54) is 5.39 Å². The highest BCUT2D eigenvalue weighted by Crippen LogP contribution is 2.26. The van der Waals surface area contributed by atoms with Crippen molar-refractivity contribution in [3.05, 3.63) is 64.4 Å². The average molecular weight is 293 g/mol. The fourth-order valence-electron chi connectivity index (χ4n) is 2.13. The summed E-state index contributed by atoms with van der Waals surface area (Å²) in [6.45, 7) is 0.947. The van der Waals surface area contributed by atoms with E-state index in [1.54, 1.807) is 11.3 Å². The van der Waals surface area contributed by atoms with Gasteiger partial charge < -0.3 is 10.5 Å². The van der Waals surface area contributed by atoms with Crippen molar-refractivity contribution in [3.8, 4) is 17.6 Å². The summed E-state index contributed by atoms with van der Waals surface area (Å²) >= 11 is 1.64. The molecule has 0 radical (unpaired) electrons. The highest BCUT2D eigenvalue weighted by Gasteiger charge is 2.03. The predicted octanol–water partition coefficient (Wildman–Crippen LogP) is 3.79. The zero-order chi connectivity index (χ0) is 14.5. The molecule has 0 saturated heterocycles. The van der Waals surface area contributed by atoms with E-state index in [2.05, 4.69) is 36.1 Å². The Morgan fingerprint density at radius 3 is 2.76 bits per heavy atom. The molecule has 0 spiro atoms. The molecule has 0 atom stereocenters. The smallest absolute Gasteiger partial charge is 0.127 e. The van der Waals surface area contributed by atoms with Crippen LogP contribution < -0.4 is 10.5 Å². The third-order valence-electron chi connectivity index (χ3n) is 3.09. The van der Waals surface area contributed by atoms with Crippen molar-refractivity contribution in [1.82, 2.24) is 0 Å². The summed E-state index contributed by atoms with van der Waals surface area (Å²) in [6.07, 6.45) is 0. The fourth-order valence-corrected chi connectivity index (χ4v) is 2.93. The molecule has 2 aromatic carbocycles. The second kappa shape index (κ2) is 6.45. The summed E-state index contributed by atoms with van der Waals surface area (Å²) in [5.74, 6) is 6.82. The molecule has 0 saturated carbocycles. The van der Waals surface area contributed by atoms with Crippen LogP contribution in [-0.4, -0.2) is 6.54 Å². The van der Waals surface area contributed by atoms with Crippen molar-refractivity contribution in [2.24, 2.45) is 5.73 Å². The predicted molar refractivity (Wildman–Crippen MR) is 88.5 cm³/mol. The Labute approximate surface area is 128 Å². The monoisotopic (exact) mass is 293 g/mol. The Kier molecular flexibility index (Phi) is 4.20. The normalized spacial score (nSPS) is 10.1. The molecule has 0 amide bonds. The Bertz CT molecular complexity index is 805. The molecule has 1 heterocycles. The van der Waals surface area contributed by atoms with Crippen molar-refractivity contribution < 1.29 is 4.74 Å². The molecular formula is C18H15NOS. The zero-order valence-corrected chi connectivity index (χ0v) is 12.3. The lowest BCUT2D eigenvalue weighted by Crippen LogP contribution is -1.93. The van der Waals surface area contributed by atoms with Crippen molar-refractivity contribution in [3.63, 3.8) is 0 Å². The van der Waals surface area contributed by atoms with Crippen molar-refractivity contribution >= 4 is 22.1 Å². The van der Waals surface area contributed by atoms with Crippen LogP contribution in [0.25, 0.3) is 10.8 Å². The maximum Gasteiger partial charge on any atom is 0.127 e. The van der Waals surface area contributed by atoms with E-state index < -0.39 is 0 Å². The van der Waals surface area contributed by atoms with E-state index in [4.69, 9.17) is 10.5 Å². The van der Waals surface area contributed by atoms with Crippen molar-refractivity contribution in [2.45, 2.75) is 6.61 Å². The summed E-state index contributed by atoms with van der Waals surface area (Å²) in [4.78, 5) is 2.18. The second-order valence-electron chi connectivity index (χ2n) is 4.54. The Balaban J connectivity index is 1.76. The number of rotatable bonds is 3. The molecule has 3 heteroatoms. The number of ether oxygens (including phenoxy) is 1. The lowest BCUT2D eigenvalue weighted by atomic mass is 10.1. The van der Waals surface area contributed by atoms with Crippen LogP contribution in [0.2, 0.25) is 0 Å². The first-order valence-electron chi connectivity index (χ1n) is 6.75. The lowest BCUT2D eigenvalue weighted by molar-refractivity contribution is 0.313. The topological polar surface area (TPSA) is 35.2 Å². The van der Waals surface area contributed by atoms with Gasteiger partial charge in [0.15, 0.2) is 0 Å². The molecule has 0 bridgehead atoms. The van der Waals surface area contributed by atoms with E-state index in [1.807, 2.05) is 30.3 Å². The minimum Gasteiger partial charge on any atom is -0.487 e. The quantitative estimate of drug-likeness (QED) is 0.746. The van der Waals surface area contributed by atoms with Crippen LogP contribution in [0.1, 0.15) is 9.75 Å². The number of hydrogen-bond donors (Lipinski definition) is 1. The highest BCUT2D eigenvalue weighted by molar-refractivity contribution is 7.12. The number of fused-ring (bicyclic) bond motifs is 1. The van der Waals surface area contributed by atoms with E-state index in [0.717, 1.165) is 20.9 Å². The molecular weight excluding hydrogens is 278 g/mol. The summed E-state index contributed by atoms with van der Waals surface area (Å²) < 4.78 is 5.96. The maximum atomic E-state index is 5.96. The molecule has 2 nitrogen and oxygen atoms in total. The average Bonchev–Trinajstić information content (AvgIpc) is 2.99. The van der Waals surface area contributed by atoms with Crippen LogP contribution in [0, 0.1) is 11.8 Å². The van der Waals surface area contributed by atoms with Crippen molar-refractivity contribution in [1.29, 1.82) is 0 Å². The van der Waals surface area contributed by atoms with Gasteiger partial charge in [0.1, 0.15) is 12.4 Å². The maximum absolute atomic E-state index is 5.96. The number of hydrogen-bond acceptors (Lipinski definition) is 3. The Morgan fingerprint density at radius 1 is 1.00 bits per heavy atom. The van der Waals surface area contributed by atoms with E-state index in [-0.39, 0.29) is 0 Å². The Morgan fingerprint density at radius 2 is 1.86 bits per heavy atom. The van der Waals surface area contributed by atoms with Crippen LogP contribution >= 0.6 is 11.3 Å². The van der Waals surface area contributed by atoms with Gasteiger partial charge in [-0.2, -0.15) is 0 Å². The van der Waals surface area contributed by atoms with Crippen LogP contribution in [0.15, 0.2) is 54.6 Å². The van der Waals surface area contributed by atoms with Gasteiger partial charge >= 0.3 is 0 Å². The summed E-state index contributed by atoms with van der Waals surface area (Å²) in [5.41, 5.74) is 5.38. The number of benzene rings is 2. The SMILES string of the molecule is NCC#Cc1ccc(COc2cccc3ccccc23)s1. The minimum atomic E-state index is 0.389. The molecule has 21 heavy (non-hydrogen) atoms. The van der Waals surface area contributed by atoms with Gasteiger partial charge in [-0.1, -0.05) is 48.2 Å². The fraction of sp³-hybridized carbons (Fsp3) is 0.111. The zero-order valence-electron chi connectivity index (χ0n) is 11.5. The molecule has 0 fully saturated rings. The molecule has 0 aliphatic rings. The first-order valence-corrected chi connectivity index (χ1v) is 7.56. The van der Waals surface area contributed by atoms with Crippen LogP contribution in [0.4, 0.5) is 0 Å². The molecule has 3 aromatic rings. The van der Waals surface area contributed by atoms with E-state index in [0.29, 0.717) is 13.2 Å². The molecule has 2 N–H and O–H groups in total. The largest absolute Gasteiger partial charge is 0.487 e. The van der Waals surface area contributed by atoms with E-state index >= 15 is 0 Å². The third kappa shape index (κ3) is 3.25. The standard InChI is InChI=1S/C18H15NOS/c19-12-4-7-15-10-11-16(21-15)13-20-18-9-3-6-14-5-1-2-8-17(14)18/h1-3,5-6,8-11H,12-13,19H2. The third-order valence-corrected chi connectivity index (χ3v) is 4.07. The van der Waals surface area contributed by atoms with Gasteiger partial charge in [0.05, 0.1) is 11.4 Å². The van der Waals surface area contributed by atoms with Gasteiger partial charge in [-0.05, 0) is 23.6 Å². The summed E-state index contributed by atoms with van der Waals surface area (Å²) in [7, 11) is 0. The number of thiophene rings is 1. The van der Waals surface area contributed by atoms with Gasteiger partial charge in [0, 0.05) is 10.3 Å². The van der Waals surface area contributed by atoms with Crippen LogP contribution in [0.5, 0.6) is 5.75 Å². The molecule has 1 aromatic heterocycles. The summed E-state index contributed by atoms with van der Waals surface area (Å²) in [6, 6.07) is 18.4. The molecule has 0 aliphatic heterocycles. The second-order valence-corrected chi connectivity index (χ2v) is 5.71. The van der Waals surface area contributed by atoms with E-state index in [9.17, 15) is 0 Å². The highest BCUT2D eigenvalue weighted by atomic mass is 32.1. The van der Waals surface area contributed by atoms with Crippen LogP contribution in [-0.2, 0) is 6.61 Å². The van der Waals surface area contributed by atoms with Gasteiger partial charge in [-0.25, -0.2) is 0 Å². The Hall–Kier alpha value is -2.28. The molecule has 0 unspecified atom stereocenters. The van der Waals surface area contributed by atoms with Gasteiger partial charge in [0.25, 0.3) is 0 Å². The minimum absolute atomic E-state index is 0.389. The summed E-state index contributed by atoms with van der Waals surface area (Å²) in [5, 5.41) is 2.33. The molecule has 0 aliphatic carbocycles.